The number of hydrogen-bond acceptors (Lipinski definition) is 5. The molecular weight excluding hydrogens is 222 g/mol. The van der Waals surface area contributed by atoms with Gasteiger partial charge < -0.3 is 24.3 Å². The first-order valence-electron chi connectivity index (χ1n) is 5.49. The molecule has 1 aliphatic heterocycles. The summed E-state index contributed by atoms with van der Waals surface area (Å²) in [5.74, 6) is 2.66. The normalized spacial score (nSPS) is 12.6. The summed E-state index contributed by atoms with van der Waals surface area (Å²) in [6.07, 6.45) is 0.850. The Bertz CT molecular complexity index is 406. The zero-order valence-corrected chi connectivity index (χ0v) is 10.3. The van der Waals surface area contributed by atoms with Gasteiger partial charge in [-0.2, -0.15) is 0 Å². The van der Waals surface area contributed by atoms with E-state index in [4.69, 9.17) is 18.9 Å². The largest absolute Gasteiger partial charge is 0.493 e. The summed E-state index contributed by atoms with van der Waals surface area (Å²) in [6.45, 7) is 1.09. The smallest absolute Gasteiger partial charge is 0.231 e. The van der Waals surface area contributed by atoms with E-state index in [1.165, 1.54) is 0 Å². The maximum atomic E-state index is 5.48. The number of fused-ring (bicyclic) bond motifs is 1. The number of likely N-dealkylation sites (N-methyl/N-ethyl adjacent to an activating group) is 1. The van der Waals surface area contributed by atoms with Crippen LogP contribution in [0.2, 0.25) is 0 Å². The average Bonchev–Trinajstić information content (AvgIpc) is 2.84. The lowest BCUT2D eigenvalue weighted by atomic mass is 10.1. The topological polar surface area (TPSA) is 49.0 Å². The molecule has 1 aromatic rings. The van der Waals surface area contributed by atoms with Crippen molar-refractivity contribution >= 4 is 0 Å². The fourth-order valence-corrected chi connectivity index (χ4v) is 1.88. The Morgan fingerprint density at radius 1 is 1.24 bits per heavy atom. The Balaban J connectivity index is 2.43. The molecule has 0 saturated heterocycles. The molecule has 1 heterocycles. The first kappa shape index (κ1) is 11.9. The van der Waals surface area contributed by atoms with Crippen LogP contribution in [0.5, 0.6) is 23.0 Å². The van der Waals surface area contributed by atoms with Crippen molar-refractivity contribution in [1.29, 1.82) is 0 Å². The molecule has 0 atom stereocenters. The van der Waals surface area contributed by atoms with Crippen LogP contribution in [-0.4, -0.2) is 34.6 Å². The zero-order valence-electron chi connectivity index (χ0n) is 10.3. The Morgan fingerprint density at radius 3 is 2.65 bits per heavy atom. The van der Waals surface area contributed by atoms with Crippen molar-refractivity contribution in [3.63, 3.8) is 0 Å². The fourth-order valence-electron chi connectivity index (χ4n) is 1.88. The van der Waals surface area contributed by atoms with Crippen molar-refractivity contribution in [3.8, 4) is 23.0 Å². The van der Waals surface area contributed by atoms with Gasteiger partial charge in [0.15, 0.2) is 11.5 Å². The predicted molar refractivity (Wildman–Crippen MR) is 63.3 cm³/mol. The first-order chi connectivity index (χ1) is 8.31. The van der Waals surface area contributed by atoms with E-state index in [0.717, 1.165) is 24.3 Å². The van der Waals surface area contributed by atoms with Gasteiger partial charge in [-0.3, -0.25) is 0 Å². The van der Waals surface area contributed by atoms with Crippen LogP contribution in [0.15, 0.2) is 6.07 Å². The molecule has 0 unspecified atom stereocenters. The minimum Gasteiger partial charge on any atom is -0.493 e. The summed E-state index contributed by atoms with van der Waals surface area (Å²) in [5, 5.41) is 3.11. The predicted octanol–water partition coefficient (Wildman–Crippen LogP) is 1.19. The lowest BCUT2D eigenvalue weighted by molar-refractivity contribution is 0.170. The standard InChI is InChI=1S/C12H17NO4/c1-13-5-4-8-6-9(14-2)11(15-3)12-10(8)16-7-17-12/h6,13H,4-5,7H2,1-3H3. The molecule has 0 fully saturated rings. The van der Waals surface area contributed by atoms with Crippen molar-refractivity contribution in [2.75, 3.05) is 34.6 Å². The Labute approximate surface area is 101 Å². The Kier molecular flexibility index (Phi) is 3.58. The van der Waals surface area contributed by atoms with E-state index in [0.29, 0.717) is 17.2 Å². The second kappa shape index (κ2) is 5.14. The highest BCUT2D eigenvalue weighted by atomic mass is 16.7. The van der Waals surface area contributed by atoms with Crippen molar-refractivity contribution < 1.29 is 18.9 Å². The second-order valence-corrected chi connectivity index (χ2v) is 3.69. The van der Waals surface area contributed by atoms with Gasteiger partial charge >= 0.3 is 0 Å². The molecule has 0 aromatic heterocycles. The molecule has 0 amide bonds. The van der Waals surface area contributed by atoms with Crippen LogP contribution in [0.1, 0.15) is 5.56 Å². The third kappa shape index (κ3) is 2.10. The molecule has 1 aliphatic rings. The number of hydrogen-bond donors (Lipinski definition) is 1. The highest BCUT2D eigenvalue weighted by Gasteiger charge is 2.26. The van der Waals surface area contributed by atoms with Gasteiger partial charge in [0.2, 0.25) is 18.3 Å². The monoisotopic (exact) mass is 239 g/mol. The number of benzene rings is 1. The number of rotatable bonds is 5. The molecule has 0 saturated carbocycles. The summed E-state index contributed by atoms with van der Waals surface area (Å²) < 4.78 is 21.5. The van der Waals surface area contributed by atoms with Gasteiger partial charge in [-0.05, 0) is 26.1 Å². The van der Waals surface area contributed by atoms with Gasteiger partial charge in [-0.25, -0.2) is 0 Å². The lowest BCUT2D eigenvalue weighted by Gasteiger charge is -2.13. The van der Waals surface area contributed by atoms with E-state index in [-0.39, 0.29) is 6.79 Å². The number of methoxy groups -OCH3 is 2. The SMILES string of the molecule is CNCCc1cc(OC)c(OC)c2c1OCO2. The summed E-state index contributed by atoms with van der Waals surface area (Å²) >= 11 is 0. The minimum atomic E-state index is 0.228. The third-order valence-electron chi connectivity index (χ3n) is 2.71. The molecule has 1 aromatic carbocycles. The van der Waals surface area contributed by atoms with Crippen LogP contribution in [-0.2, 0) is 6.42 Å². The first-order valence-corrected chi connectivity index (χ1v) is 5.49. The zero-order chi connectivity index (χ0) is 12.3. The van der Waals surface area contributed by atoms with Crippen molar-refractivity contribution in [3.05, 3.63) is 11.6 Å². The van der Waals surface area contributed by atoms with E-state index < -0.39 is 0 Å². The third-order valence-corrected chi connectivity index (χ3v) is 2.71. The van der Waals surface area contributed by atoms with Crippen LogP contribution in [0.4, 0.5) is 0 Å². The van der Waals surface area contributed by atoms with Gasteiger partial charge in [0.05, 0.1) is 14.2 Å². The molecule has 94 valence electrons. The van der Waals surface area contributed by atoms with E-state index in [2.05, 4.69) is 5.32 Å². The van der Waals surface area contributed by atoms with E-state index in [1.54, 1.807) is 14.2 Å². The molecule has 5 heteroatoms. The summed E-state index contributed by atoms with van der Waals surface area (Å²) in [6, 6.07) is 1.93. The summed E-state index contributed by atoms with van der Waals surface area (Å²) in [5.41, 5.74) is 1.06. The van der Waals surface area contributed by atoms with Crippen LogP contribution in [0, 0.1) is 0 Å². The molecule has 0 spiro atoms. The van der Waals surface area contributed by atoms with Crippen molar-refractivity contribution in [1.82, 2.24) is 5.32 Å². The van der Waals surface area contributed by atoms with E-state index in [9.17, 15) is 0 Å². The van der Waals surface area contributed by atoms with E-state index in [1.807, 2.05) is 13.1 Å². The van der Waals surface area contributed by atoms with E-state index >= 15 is 0 Å². The molecule has 1 N–H and O–H groups in total. The van der Waals surface area contributed by atoms with Crippen molar-refractivity contribution in [2.45, 2.75) is 6.42 Å². The van der Waals surface area contributed by atoms with Gasteiger partial charge in [-0.15, -0.1) is 0 Å². The molecule has 17 heavy (non-hydrogen) atoms. The lowest BCUT2D eigenvalue weighted by Crippen LogP contribution is -2.11. The fraction of sp³-hybridized carbons (Fsp3) is 0.500. The second-order valence-electron chi connectivity index (χ2n) is 3.69. The number of ether oxygens (including phenoxy) is 4. The van der Waals surface area contributed by atoms with Gasteiger partial charge in [0, 0.05) is 5.56 Å². The van der Waals surface area contributed by atoms with Crippen LogP contribution in [0.3, 0.4) is 0 Å². The summed E-state index contributed by atoms with van der Waals surface area (Å²) in [4.78, 5) is 0. The van der Waals surface area contributed by atoms with Crippen LogP contribution >= 0.6 is 0 Å². The Morgan fingerprint density at radius 2 is 2.00 bits per heavy atom. The molecule has 5 nitrogen and oxygen atoms in total. The number of nitrogens with one attached hydrogen (secondary N) is 1. The quantitative estimate of drug-likeness (QED) is 0.836. The highest BCUT2D eigenvalue weighted by molar-refractivity contribution is 5.63. The van der Waals surface area contributed by atoms with Crippen LogP contribution < -0.4 is 24.3 Å². The van der Waals surface area contributed by atoms with Gasteiger partial charge in [-0.1, -0.05) is 0 Å². The van der Waals surface area contributed by atoms with Gasteiger partial charge in [0.25, 0.3) is 0 Å². The highest BCUT2D eigenvalue weighted by Crippen LogP contribution is 2.49. The molecule has 2 rings (SSSR count). The van der Waals surface area contributed by atoms with Crippen LogP contribution in [0.25, 0.3) is 0 Å². The maximum Gasteiger partial charge on any atom is 0.231 e. The molecule has 0 aliphatic carbocycles. The molecule has 0 radical (unpaired) electrons. The Hall–Kier alpha value is -1.62. The molecular formula is C12H17NO4. The minimum absolute atomic E-state index is 0.228. The summed E-state index contributed by atoms with van der Waals surface area (Å²) in [7, 11) is 5.12. The van der Waals surface area contributed by atoms with Gasteiger partial charge in [0.1, 0.15) is 0 Å². The molecule has 0 bridgehead atoms. The average molecular weight is 239 g/mol. The van der Waals surface area contributed by atoms with Crippen molar-refractivity contribution in [2.24, 2.45) is 0 Å². The maximum absolute atomic E-state index is 5.48.